The van der Waals surface area contributed by atoms with Crippen LogP contribution >= 0.6 is 0 Å². The van der Waals surface area contributed by atoms with Crippen LogP contribution in [-0.4, -0.2) is 23.7 Å². The lowest BCUT2D eigenvalue weighted by Gasteiger charge is -2.30. The molecule has 1 aliphatic rings. The van der Waals surface area contributed by atoms with Gasteiger partial charge in [0.05, 0.1) is 5.92 Å². The molecule has 0 amide bonds. The molecular formula is C13H16FNO2. The molecule has 2 atom stereocenters. The molecule has 0 aromatic heterocycles. The van der Waals surface area contributed by atoms with Crippen LogP contribution in [0.15, 0.2) is 18.2 Å². The van der Waals surface area contributed by atoms with Gasteiger partial charge in [-0.2, -0.15) is 0 Å². The summed E-state index contributed by atoms with van der Waals surface area (Å²) in [6.07, 6.45) is 0.853. The van der Waals surface area contributed by atoms with Crippen molar-refractivity contribution in [3.05, 3.63) is 29.6 Å². The lowest BCUT2D eigenvalue weighted by Crippen LogP contribution is -2.39. The average Bonchev–Trinajstić information content (AvgIpc) is 2.69. The van der Waals surface area contributed by atoms with Gasteiger partial charge in [0.15, 0.2) is 0 Å². The molecule has 1 aliphatic heterocycles. The molecule has 1 aromatic rings. The summed E-state index contributed by atoms with van der Waals surface area (Å²) in [6, 6.07) is 4.60. The van der Waals surface area contributed by atoms with Gasteiger partial charge >= 0.3 is 5.97 Å². The van der Waals surface area contributed by atoms with Gasteiger partial charge < -0.3 is 10.0 Å². The summed E-state index contributed by atoms with van der Waals surface area (Å²) >= 11 is 0. The van der Waals surface area contributed by atoms with Crippen LogP contribution in [0.2, 0.25) is 0 Å². The van der Waals surface area contributed by atoms with Crippen molar-refractivity contribution in [1.29, 1.82) is 0 Å². The number of halogens is 1. The van der Waals surface area contributed by atoms with Crippen LogP contribution in [0.3, 0.4) is 0 Å². The summed E-state index contributed by atoms with van der Waals surface area (Å²) in [7, 11) is 0. The topological polar surface area (TPSA) is 40.5 Å². The summed E-state index contributed by atoms with van der Waals surface area (Å²) in [5.41, 5.74) is 1.93. The van der Waals surface area contributed by atoms with E-state index in [1.807, 2.05) is 11.8 Å². The molecule has 0 spiro atoms. The van der Waals surface area contributed by atoms with E-state index < -0.39 is 11.9 Å². The number of rotatable bonds is 3. The van der Waals surface area contributed by atoms with Crippen LogP contribution in [0.5, 0.6) is 0 Å². The number of fused-ring (bicyclic) bond motifs is 1. The Morgan fingerprint density at radius 3 is 2.82 bits per heavy atom. The number of hydrogen-bond donors (Lipinski definition) is 1. The molecule has 0 saturated carbocycles. The summed E-state index contributed by atoms with van der Waals surface area (Å²) in [5.74, 6) is -1.56. The number of carbonyl (C=O) groups is 1. The third-order valence-corrected chi connectivity index (χ3v) is 3.58. The molecule has 2 rings (SSSR count). The van der Waals surface area contributed by atoms with Crippen molar-refractivity contribution in [1.82, 2.24) is 0 Å². The van der Waals surface area contributed by atoms with Gasteiger partial charge in [-0.25, -0.2) is 4.39 Å². The lowest BCUT2D eigenvalue weighted by atomic mass is 10.0. The first-order valence-corrected chi connectivity index (χ1v) is 5.78. The smallest absolute Gasteiger partial charge is 0.308 e. The zero-order valence-electron chi connectivity index (χ0n) is 9.98. The van der Waals surface area contributed by atoms with E-state index in [9.17, 15) is 9.18 Å². The molecular weight excluding hydrogens is 221 g/mol. The Labute approximate surface area is 99.9 Å². The van der Waals surface area contributed by atoms with Crippen molar-refractivity contribution in [3.8, 4) is 0 Å². The van der Waals surface area contributed by atoms with Crippen molar-refractivity contribution >= 4 is 11.7 Å². The first-order chi connectivity index (χ1) is 8.00. The summed E-state index contributed by atoms with van der Waals surface area (Å²) in [4.78, 5) is 13.0. The molecule has 92 valence electrons. The first-order valence-electron chi connectivity index (χ1n) is 5.78. The predicted molar refractivity (Wildman–Crippen MR) is 63.7 cm³/mol. The highest BCUT2D eigenvalue weighted by Gasteiger charge is 2.30. The van der Waals surface area contributed by atoms with Gasteiger partial charge in [-0.15, -0.1) is 0 Å². The lowest BCUT2D eigenvalue weighted by molar-refractivity contribution is -0.141. The third-order valence-electron chi connectivity index (χ3n) is 3.58. The number of nitrogens with zero attached hydrogens (tertiary/aromatic N) is 1. The first kappa shape index (κ1) is 11.9. The Kier molecular flexibility index (Phi) is 3.05. The van der Waals surface area contributed by atoms with E-state index in [1.165, 1.54) is 12.1 Å². The molecule has 2 unspecified atom stereocenters. The molecule has 1 aromatic carbocycles. The Morgan fingerprint density at radius 2 is 2.18 bits per heavy atom. The Hall–Kier alpha value is -1.58. The number of carboxylic acid groups (broad SMARTS) is 1. The fourth-order valence-electron chi connectivity index (χ4n) is 2.28. The minimum Gasteiger partial charge on any atom is -0.481 e. The maximum atomic E-state index is 13.2. The van der Waals surface area contributed by atoms with Crippen LogP contribution in [0, 0.1) is 11.7 Å². The van der Waals surface area contributed by atoms with Crippen LogP contribution in [0.25, 0.3) is 0 Å². The van der Waals surface area contributed by atoms with Crippen molar-refractivity contribution in [2.75, 3.05) is 11.4 Å². The van der Waals surface area contributed by atoms with E-state index in [2.05, 4.69) is 0 Å². The zero-order valence-corrected chi connectivity index (χ0v) is 9.98. The van der Waals surface area contributed by atoms with Crippen molar-refractivity contribution in [2.45, 2.75) is 26.3 Å². The number of aliphatic carboxylic acids is 1. The van der Waals surface area contributed by atoms with Gasteiger partial charge in [0, 0.05) is 18.3 Å². The largest absolute Gasteiger partial charge is 0.481 e. The second kappa shape index (κ2) is 4.35. The zero-order chi connectivity index (χ0) is 12.6. The standard InChI is InChI=1S/C13H16FNO2/c1-8(13(16)17)9(2)15-6-5-10-3-4-11(14)7-12(10)15/h3-4,7-9H,5-6H2,1-2H3,(H,16,17). The number of carboxylic acids is 1. The van der Waals surface area contributed by atoms with Crippen molar-refractivity contribution in [3.63, 3.8) is 0 Å². The SMILES string of the molecule is CC(C(=O)O)C(C)N1CCc2ccc(F)cc21. The number of hydrogen-bond acceptors (Lipinski definition) is 2. The molecule has 1 N–H and O–H groups in total. The van der Waals surface area contributed by atoms with Gasteiger partial charge in [-0.05, 0) is 38.0 Å². The fourth-order valence-corrected chi connectivity index (χ4v) is 2.28. The third kappa shape index (κ3) is 2.12. The average molecular weight is 237 g/mol. The number of anilines is 1. The summed E-state index contributed by atoms with van der Waals surface area (Å²) < 4.78 is 13.2. The second-order valence-electron chi connectivity index (χ2n) is 4.58. The highest BCUT2D eigenvalue weighted by Crippen LogP contribution is 2.32. The van der Waals surface area contributed by atoms with Crippen LogP contribution in [-0.2, 0) is 11.2 Å². The maximum absolute atomic E-state index is 13.2. The van der Waals surface area contributed by atoms with Gasteiger partial charge in [-0.3, -0.25) is 4.79 Å². The Balaban J connectivity index is 2.27. The Bertz CT molecular complexity index is 447. The van der Waals surface area contributed by atoms with E-state index >= 15 is 0 Å². The van der Waals surface area contributed by atoms with Crippen molar-refractivity contribution < 1.29 is 14.3 Å². The van der Waals surface area contributed by atoms with E-state index in [4.69, 9.17) is 5.11 Å². The molecule has 0 saturated heterocycles. The maximum Gasteiger partial charge on any atom is 0.308 e. The molecule has 0 bridgehead atoms. The van der Waals surface area contributed by atoms with Gasteiger partial charge in [0.2, 0.25) is 0 Å². The van der Waals surface area contributed by atoms with Gasteiger partial charge in [-0.1, -0.05) is 6.07 Å². The molecule has 0 aliphatic carbocycles. The molecule has 1 heterocycles. The molecule has 17 heavy (non-hydrogen) atoms. The highest BCUT2D eigenvalue weighted by atomic mass is 19.1. The van der Waals surface area contributed by atoms with E-state index in [0.29, 0.717) is 0 Å². The van der Waals surface area contributed by atoms with Gasteiger partial charge in [0.25, 0.3) is 0 Å². The molecule has 0 fully saturated rings. The Morgan fingerprint density at radius 1 is 1.47 bits per heavy atom. The minimum atomic E-state index is -0.817. The monoisotopic (exact) mass is 237 g/mol. The molecule has 3 nitrogen and oxygen atoms in total. The highest BCUT2D eigenvalue weighted by molar-refractivity contribution is 5.72. The van der Waals surface area contributed by atoms with Gasteiger partial charge in [0.1, 0.15) is 5.82 Å². The van der Waals surface area contributed by atoms with Crippen LogP contribution < -0.4 is 4.90 Å². The molecule has 4 heteroatoms. The van der Waals surface area contributed by atoms with E-state index in [0.717, 1.165) is 24.2 Å². The minimum absolute atomic E-state index is 0.129. The molecule has 0 radical (unpaired) electrons. The second-order valence-corrected chi connectivity index (χ2v) is 4.58. The predicted octanol–water partition coefficient (Wildman–Crippen LogP) is 2.30. The van der Waals surface area contributed by atoms with Crippen LogP contribution in [0.4, 0.5) is 10.1 Å². The van der Waals surface area contributed by atoms with Crippen molar-refractivity contribution in [2.24, 2.45) is 5.92 Å². The van der Waals surface area contributed by atoms with E-state index in [1.54, 1.807) is 13.0 Å². The van der Waals surface area contributed by atoms with E-state index in [-0.39, 0.29) is 11.9 Å². The normalized spacial score (nSPS) is 17.7. The quantitative estimate of drug-likeness (QED) is 0.876. The summed E-state index contributed by atoms with van der Waals surface area (Å²) in [6.45, 7) is 4.32. The number of benzene rings is 1. The van der Waals surface area contributed by atoms with Crippen LogP contribution in [0.1, 0.15) is 19.4 Å². The summed E-state index contributed by atoms with van der Waals surface area (Å²) in [5, 5.41) is 9.01. The fraction of sp³-hybridized carbons (Fsp3) is 0.462.